The summed E-state index contributed by atoms with van der Waals surface area (Å²) in [6.45, 7) is 1.83. The Morgan fingerprint density at radius 2 is 1.95 bits per heavy atom. The maximum absolute atomic E-state index is 11.8. The Balaban J connectivity index is 1.59. The van der Waals surface area contributed by atoms with Crippen molar-refractivity contribution in [2.24, 2.45) is 0 Å². The number of benzene rings is 2. The van der Waals surface area contributed by atoms with E-state index in [1.807, 2.05) is 42.2 Å². The number of sulfonamides is 1. The third-order valence-electron chi connectivity index (χ3n) is 6.51. The minimum Gasteiger partial charge on any atom is -0.494 e. The topological polar surface area (TPSA) is 134 Å². The van der Waals surface area contributed by atoms with Gasteiger partial charge in [0.05, 0.1) is 36.4 Å². The maximum atomic E-state index is 11.8. The number of methoxy groups -OCH3 is 1. The molecule has 0 radical (unpaired) electrons. The largest absolute Gasteiger partial charge is 0.494 e. The number of hydrogen-bond donors (Lipinski definition) is 3. The first-order chi connectivity index (χ1) is 19.1. The van der Waals surface area contributed by atoms with Crippen molar-refractivity contribution in [3.63, 3.8) is 0 Å². The van der Waals surface area contributed by atoms with Crippen LogP contribution in [0.15, 0.2) is 77.3 Å². The summed E-state index contributed by atoms with van der Waals surface area (Å²) in [5, 5.41) is 13.1. The van der Waals surface area contributed by atoms with Crippen molar-refractivity contribution in [1.82, 2.24) is 10.3 Å². The van der Waals surface area contributed by atoms with Crippen LogP contribution in [0, 0.1) is 6.92 Å². The highest BCUT2D eigenvalue weighted by Crippen LogP contribution is 2.44. The Morgan fingerprint density at radius 1 is 1.15 bits per heavy atom. The summed E-state index contributed by atoms with van der Waals surface area (Å²) >= 11 is 5.77. The predicted octanol–water partition coefficient (Wildman–Crippen LogP) is 4.91. The van der Waals surface area contributed by atoms with Crippen molar-refractivity contribution in [3.05, 3.63) is 95.5 Å². The predicted molar refractivity (Wildman–Crippen MR) is 155 cm³/mol. The monoisotopic (exact) mass is 578 g/mol. The lowest BCUT2D eigenvalue weighted by molar-refractivity contribution is 0.0696. The van der Waals surface area contributed by atoms with Gasteiger partial charge in [-0.1, -0.05) is 12.1 Å². The van der Waals surface area contributed by atoms with E-state index in [9.17, 15) is 18.3 Å². The van der Waals surface area contributed by atoms with E-state index in [1.165, 1.54) is 7.11 Å². The summed E-state index contributed by atoms with van der Waals surface area (Å²) in [7, 11) is -2.07. The minimum atomic E-state index is -3.52. The lowest BCUT2D eigenvalue weighted by atomic mass is 10.0. The molecule has 0 amide bonds. The number of aromatic nitrogens is 1. The van der Waals surface area contributed by atoms with Crippen LogP contribution in [-0.4, -0.2) is 43.0 Å². The average Bonchev–Trinajstić information content (AvgIpc) is 3.53. The number of anilines is 2. The highest BCUT2D eigenvalue weighted by Gasteiger charge is 2.43. The Morgan fingerprint density at radius 3 is 2.60 bits per heavy atom. The number of ether oxygens (including phenoxy) is 1. The van der Waals surface area contributed by atoms with Gasteiger partial charge in [0.1, 0.15) is 23.3 Å². The van der Waals surface area contributed by atoms with Gasteiger partial charge in [0.25, 0.3) is 0 Å². The van der Waals surface area contributed by atoms with Crippen LogP contribution in [0.4, 0.5) is 11.4 Å². The van der Waals surface area contributed by atoms with Crippen molar-refractivity contribution >= 4 is 44.7 Å². The number of carboxylic acid groups (broad SMARTS) is 1. The van der Waals surface area contributed by atoms with E-state index >= 15 is 0 Å². The molecule has 3 heterocycles. The first-order valence-corrected chi connectivity index (χ1v) is 14.5. The number of hydrogen-bond acceptors (Lipinski definition) is 7. The lowest BCUT2D eigenvalue weighted by Crippen LogP contribution is -2.29. The number of nitrogens with zero attached hydrogens (tertiary/aromatic N) is 2. The molecule has 206 valence electrons. The highest BCUT2D eigenvalue weighted by molar-refractivity contribution is 7.92. The summed E-state index contributed by atoms with van der Waals surface area (Å²) in [4.78, 5) is 17.8. The van der Waals surface area contributed by atoms with Crippen LogP contribution in [-0.2, 0) is 10.0 Å². The van der Waals surface area contributed by atoms with Crippen molar-refractivity contribution in [3.8, 4) is 17.1 Å². The summed E-state index contributed by atoms with van der Waals surface area (Å²) in [5.74, 6) is 0.492. The van der Waals surface area contributed by atoms with Gasteiger partial charge in [-0.3, -0.25) is 9.71 Å². The molecule has 4 aromatic rings. The molecule has 10 nitrogen and oxygen atoms in total. The number of carbonyl (C=O) groups is 1. The zero-order chi connectivity index (χ0) is 28.6. The smallest absolute Gasteiger partial charge is 0.335 e. The quantitative estimate of drug-likeness (QED) is 0.248. The molecule has 1 aliphatic heterocycles. The molecule has 2 aromatic carbocycles. The van der Waals surface area contributed by atoms with Crippen LogP contribution in [0.5, 0.6) is 5.75 Å². The standard InChI is InChI=1S/C28H26N4O6S2/c1-16-14-17(27(33)34)7-9-19(16)22-11-12-23(38-22)26-25(21-6-4-5-13-29-21)30-28(39)32(26)18-8-10-20(24(15-18)37-2)31-40(3,35)36/h4-15,25-26,31H,1-3H3,(H,30,39)(H,33,34). The van der Waals surface area contributed by atoms with Gasteiger partial charge < -0.3 is 24.5 Å². The second-order valence-electron chi connectivity index (χ2n) is 9.29. The average molecular weight is 579 g/mol. The molecule has 1 saturated heterocycles. The Kier molecular flexibility index (Phi) is 7.21. The van der Waals surface area contributed by atoms with Gasteiger partial charge >= 0.3 is 5.97 Å². The fourth-order valence-corrected chi connectivity index (χ4v) is 5.68. The van der Waals surface area contributed by atoms with E-state index in [4.69, 9.17) is 21.4 Å². The zero-order valence-corrected chi connectivity index (χ0v) is 23.4. The molecule has 2 atom stereocenters. The van der Waals surface area contributed by atoms with E-state index in [2.05, 4.69) is 15.0 Å². The molecular weight excluding hydrogens is 552 g/mol. The molecule has 1 fully saturated rings. The van der Waals surface area contributed by atoms with Gasteiger partial charge in [-0.15, -0.1) is 0 Å². The Bertz CT molecular complexity index is 1700. The van der Waals surface area contributed by atoms with Crippen LogP contribution in [0.3, 0.4) is 0 Å². The lowest BCUT2D eigenvalue weighted by Gasteiger charge is -2.27. The maximum Gasteiger partial charge on any atom is 0.335 e. The van der Waals surface area contributed by atoms with Crippen LogP contribution in [0.1, 0.15) is 39.5 Å². The van der Waals surface area contributed by atoms with Gasteiger partial charge in [-0.25, -0.2) is 13.2 Å². The number of nitrogens with one attached hydrogen (secondary N) is 2. The van der Waals surface area contributed by atoms with E-state index in [-0.39, 0.29) is 11.6 Å². The number of rotatable bonds is 8. The highest BCUT2D eigenvalue weighted by atomic mass is 32.2. The van der Waals surface area contributed by atoms with E-state index in [0.29, 0.717) is 33.8 Å². The molecule has 0 spiro atoms. The fraction of sp³-hybridized carbons (Fsp3) is 0.179. The van der Waals surface area contributed by atoms with Gasteiger partial charge in [-0.2, -0.15) is 0 Å². The molecule has 0 bridgehead atoms. The normalized spacial score (nSPS) is 17.0. The first-order valence-electron chi connectivity index (χ1n) is 12.2. The summed E-state index contributed by atoms with van der Waals surface area (Å²) in [6.07, 6.45) is 2.77. The molecule has 0 aliphatic carbocycles. The molecule has 5 rings (SSSR count). The van der Waals surface area contributed by atoms with Crippen LogP contribution >= 0.6 is 12.2 Å². The van der Waals surface area contributed by atoms with Crippen molar-refractivity contribution in [2.45, 2.75) is 19.0 Å². The molecule has 3 N–H and O–H groups in total. The molecule has 2 unspecified atom stereocenters. The molecule has 2 aromatic heterocycles. The molecule has 40 heavy (non-hydrogen) atoms. The number of thiocarbonyl (C=S) groups is 1. The number of aromatic carboxylic acids is 1. The van der Waals surface area contributed by atoms with Gasteiger partial charge in [0.2, 0.25) is 10.0 Å². The number of carboxylic acids is 1. The summed E-state index contributed by atoms with van der Waals surface area (Å²) in [6, 6.07) is 18.4. The molecular formula is C28H26N4O6S2. The van der Waals surface area contributed by atoms with Crippen LogP contribution in [0.2, 0.25) is 0 Å². The fourth-order valence-electron chi connectivity index (χ4n) is 4.77. The summed E-state index contributed by atoms with van der Waals surface area (Å²) in [5.41, 5.74) is 3.42. The SMILES string of the molecule is COc1cc(N2C(=S)NC(c3ccccn3)C2c2ccc(-c3ccc(C(=O)O)cc3C)o2)ccc1NS(C)(=O)=O. The number of furan rings is 1. The van der Waals surface area contributed by atoms with Crippen molar-refractivity contribution in [2.75, 3.05) is 23.0 Å². The van der Waals surface area contributed by atoms with Gasteiger partial charge in [0.15, 0.2) is 5.11 Å². The van der Waals surface area contributed by atoms with Crippen molar-refractivity contribution < 1.29 is 27.5 Å². The van der Waals surface area contributed by atoms with Gasteiger partial charge in [0, 0.05) is 23.5 Å². The zero-order valence-electron chi connectivity index (χ0n) is 21.8. The van der Waals surface area contributed by atoms with Crippen LogP contribution in [0.25, 0.3) is 11.3 Å². The molecule has 12 heteroatoms. The van der Waals surface area contributed by atoms with E-state index < -0.39 is 22.0 Å². The number of pyridine rings is 1. The van der Waals surface area contributed by atoms with E-state index in [0.717, 1.165) is 23.1 Å². The Labute approximate surface area is 236 Å². The third-order valence-corrected chi connectivity index (χ3v) is 7.42. The molecule has 1 aliphatic rings. The minimum absolute atomic E-state index is 0.197. The second kappa shape index (κ2) is 10.6. The molecule has 0 saturated carbocycles. The first kappa shape index (κ1) is 27.2. The summed E-state index contributed by atoms with van der Waals surface area (Å²) < 4.78 is 38.0. The third kappa shape index (κ3) is 5.36. The second-order valence-corrected chi connectivity index (χ2v) is 11.4. The van der Waals surface area contributed by atoms with Crippen molar-refractivity contribution in [1.29, 1.82) is 0 Å². The van der Waals surface area contributed by atoms with Crippen LogP contribution < -0.4 is 19.7 Å². The number of aryl methyl sites for hydroxylation is 1. The Hall–Kier alpha value is -4.42. The van der Waals surface area contributed by atoms with E-state index in [1.54, 1.807) is 42.6 Å². The van der Waals surface area contributed by atoms with Gasteiger partial charge in [-0.05, 0) is 73.2 Å².